The summed E-state index contributed by atoms with van der Waals surface area (Å²) in [5, 5.41) is 11.6. The molecule has 2 rings (SSSR count). The van der Waals surface area contributed by atoms with Gasteiger partial charge in [0.2, 0.25) is 5.56 Å². The van der Waals surface area contributed by atoms with E-state index in [0.29, 0.717) is 17.7 Å². The molecule has 104 valence electrons. The fourth-order valence-corrected chi connectivity index (χ4v) is 1.88. The number of hydrogen-bond donors (Lipinski definition) is 3. The third-order valence-electron chi connectivity index (χ3n) is 2.85. The van der Waals surface area contributed by atoms with Crippen molar-refractivity contribution in [2.24, 2.45) is 0 Å². The van der Waals surface area contributed by atoms with Crippen molar-refractivity contribution in [2.75, 3.05) is 11.9 Å². The van der Waals surface area contributed by atoms with E-state index in [-0.39, 0.29) is 18.1 Å². The molecule has 0 radical (unpaired) electrons. The van der Waals surface area contributed by atoms with Gasteiger partial charge in [0.25, 0.3) is 5.91 Å². The van der Waals surface area contributed by atoms with Crippen molar-refractivity contribution in [3.63, 3.8) is 0 Å². The van der Waals surface area contributed by atoms with E-state index in [4.69, 9.17) is 5.11 Å². The number of aryl methyl sites for hydroxylation is 1. The second-order valence-corrected chi connectivity index (χ2v) is 4.42. The van der Waals surface area contributed by atoms with Crippen LogP contribution in [0, 0.1) is 0 Å². The molecule has 3 N–H and O–H groups in total. The second-order valence-electron chi connectivity index (χ2n) is 4.42. The van der Waals surface area contributed by atoms with Gasteiger partial charge in [-0.3, -0.25) is 9.59 Å². The highest BCUT2D eigenvalue weighted by Gasteiger charge is 2.06. The Morgan fingerprint density at radius 2 is 2.10 bits per heavy atom. The van der Waals surface area contributed by atoms with Gasteiger partial charge in [0.1, 0.15) is 0 Å². The maximum atomic E-state index is 12.0. The minimum atomic E-state index is -0.324. The number of aliphatic hydroxyl groups is 1. The maximum Gasteiger partial charge on any atom is 0.255 e. The van der Waals surface area contributed by atoms with Crippen molar-refractivity contribution in [3.8, 4) is 0 Å². The third-order valence-corrected chi connectivity index (χ3v) is 2.85. The number of benzene rings is 1. The highest BCUT2D eigenvalue weighted by molar-refractivity contribution is 6.04. The van der Waals surface area contributed by atoms with E-state index in [0.717, 1.165) is 12.0 Å². The summed E-state index contributed by atoms with van der Waals surface area (Å²) in [4.78, 5) is 25.6. The lowest BCUT2D eigenvalue weighted by Gasteiger charge is -2.07. The zero-order valence-corrected chi connectivity index (χ0v) is 10.9. The largest absolute Gasteiger partial charge is 0.396 e. The zero-order valence-electron chi connectivity index (χ0n) is 10.9. The summed E-state index contributed by atoms with van der Waals surface area (Å²) in [5.74, 6) is -0.324. The monoisotopic (exact) mass is 272 g/mol. The summed E-state index contributed by atoms with van der Waals surface area (Å²) < 4.78 is 0. The summed E-state index contributed by atoms with van der Waals surface area (Å²) in [7, 11) is 0. The molecule has 0 aliphatic heterocycles. The molecule has 0 spiro atoms. The van der Waals surface area contributed by atoms with Gasteiger partial charge < -0.3 is 15.4 Å². The molecule has 0 bridgehead atoms. The second kappa shape index (κ2) is 6.68. The molecule has 2 aromatic rings. The van der Waals surface area contributed by atoms with Crippen LogP contribution in [0.25, 0.3) is 0 Å². The summed E-state index contributed by atoms with van der Waals surface area (Å²) >= 11 is 0. The standard InChI is InChI=1S/C15H16N2O3/c18-8-2-4-11-3-1-5-13(9-11)17-15(20)12-6-7-16-14(19)10-12/h1,3,5-7,9-10,18H,2,4,8H2,(H,16,19)(H,17,20). The lowest BCUT2D eigenvalue weighted by molar-refractivity contribution is 0.102. The first kappa shape index (κ1) is 14.0. The van der Waals surface area contributed by atoms with Crippen LogP contribution in [0.2, 0.25) is 0 Å². The van der Waals surface area contributed by atoms with Gasteiger partial charge in [-0.05, 0) is 36.6 Å². The Bertz CT molecular complexity index is 649. The van der Waals surface area contributed by atoms with E-state index in [1.807, 2.05) is 18.2 Å². The fraction of sp³-hybridized carbons (Fsp3) is 0.200. The molecule has 0 unspecified atom stereocenters. The Labute approximate surface area is 116 Å². The minimum absolute atomic E-state index is 0.142. The number of rotatable bonds is 5. The van der Waals surface area contributed by atoms with Crippen LogP contribution >= 0.6 is 0 Å². The van der Waals surface area contributed by atoms with Gasteiger partial charge in [0.15, 0.2) is 0 Å². The molecular weight excluding hydrogens is 256 g/mol. The normalized spacial score (nSPS) is 10.2. The number of hydrogen-bond acceptors (Lipinski definition) is 3. The molecule has 0 saturated heterocycles. The minimum Gasteiger partial charge on any atom is -0.396 e. The number of carbonyl (C=O) groups excluding carboxylic acids is 1. The molecule has 1 aromatic carbocycles. The molecule has 1 aromatic heterocycles. The lowest BCUT2D eigenvalue weighted by atomic mass is 10.1. The number of aliphatic hydroxyl groups excluding tert-OH is 1. The number of aromatic nitrogens is 1. The first-order valence-corrected chi connectivity index (χ1v) is 6.39. The highest BCUT2D eigenvalue weighted by atomic mass is 16.2. The van der Waals surface area contributed by atoms with Crippen molar-refractivity contribution in [2.45, 2.75) is 12.8 Å². The van der Waals surface area contributed by atoms with Crippen molar-refractivity contribution >= 4 is 11.6 Å². The predicted octanol–water partition coefficient (Wildman–Crippen LogP) is 1.55. The summed E-state index contributed by atoms with van der Waals surface area (Å²) in [6.07, 6.45) is 2.88. The zero-order chi connectivity index (χ0) is 14.4. The van der Waals surface area contributed by atoms with Gasteiger partial charge in [-0.1, -0.05) is 12.1 Å². The number of pyridine rings is 1. The SMILES string of the molecule is O=C(Nc1cccc(CCCO)c1)c1cc[nH]c(=O)c1. The summed E-state index contributed by atoms with van der Waals surface area (Å²) in [6.45, 7) is 0.142. The predicted molar refractivity (Wildman–Crippen MR) is 76.9 cm³/mol. The molecule has 0 aliphatic carbocycles. The van der Waals surface area contributed by atoms with E-state index in [1.54, 1.807) is 12.1 Å². The molecule has 0 fully saturated rings. The van der Waals surface area contributed by atoms with Crippen LogP contribution in [0.3, 0.4) is 0 Å². The summed E-state index contributed by atoms with van der Waals surface area (Å²) in [5.41, 5.74) is 1.72. The average molecular weight is 272 g/mol. The Hall–Kier alpha value is -2.40. The van der Waals surface area contributed by atoms with Crippen molar-refractivity contribution in [1.29, 1.82) is 0 Å². The lowest BCUT2D eigenvalue weighted by Crippen LogP contribution is -2.15. The Balaban J connectivity index is 2.09. The molecule has 20 heavy (non-hydrogen) atoms. The van der Waals surface area contributed by atoms with E-state index in [1.165, 1.54) is 12.3 Å². The molecule has 0 atom stereocenters. The molecule has 5 heteroatoms. The smallest absolute Gasteiger partial charge is 0.255 e. The van der Waals surface area contributed by atoms with Crippen LogP contribution in [-0.4, -0.2) is 22.6 Å². The van der Waals surface area contributed by atoms with Gasteiger partial charge in [0, 0.05) is 30.1 Å². The number of carbonyl (C=O) groups is 1. The van der Waals surface area contributed by atoms with Crippen LogP contribution in [0.4, 0.5) is 5.69 Å². The first-order valence-electron chi connectivity index (χ1n) is 6.39. The van der Waals surface area contributed by atoms with Crippen LogP contribution < -0.4 is 10.9 Å². The van der Waals surface area contributed by atoms with Crippen molar-refractivity contribution < 1.29 is 9.90 Å². The van der Waals surface area contributed by atoms with Gasteiger partial charge in [0.05, 0.1) is 0 Å². The number of H-pyrrole nitrogens is 1. The number of aromatic amines is 1. The Morgan fingerprint density at radius 1 is 1.25 bits per heavy atom. The topological polar surface area (TPSA) is 82.2 Å². The Morgan fingerprint density at radius 3 is 2.85 bits per heavy atom. The molecule has 1 amide bonds. The van der Waals surface area contributed by atoms with E-state index in [2.05, 4.69) is 10.3 Å². The quantitative estimate of drug-likeness (QED) is 0.772. The van der Waals surface area contributed by atoms with Crippen molar-refractivity contribution in [1.82, 2.24) is 4.98 Å². The number of anilines is 1. The van der Waals surface area contributed by atoms with Gasteiger partial charge >= 0.3 is 0 Å². The molecule has 0 saturated carbocycles. The number of amides is 1. The number of nitrogens with one attached hydrogen (secondary N) is 2. The van der Waals surface area contributed by atoms with Crippen molar-refractivity contribution in [3.05, 3.63) is 64.1 Å². The van der Waals surface area contributed by atoms with Crippen LogP contribution in [-0.2, 0) is 6.42 Å². The molecule has 0 aliphatic rings. The van der Waals surface area contributed by atoms with Crippen LogP contribution in [0.1, 0.15) is 22.3 Å². The van der Waals surface area contributed by atoms with Crippen LogP contribution in [0.5, 0.6) is 0 Å². The van der Waals surface area contributed by atoms with Gasteiger partial charge in [-0.2, -0.15) is 0 Å². The Kier molecular flexibility index (Phi) is 4.68. The fourth-order valence-electron chi connectivity index (χ4n) is 1.88. The average Bonchev–Trinajstić information content (AvgIpc) is 2.45. The molecule has 1 heterocycles. The summed E-state index contributed by atoms with van der Waals surface area (Å²) in [6, 6.07) is 10.2. The van der Waals surface area contributed by atoms with Gasteiger partial charge in [-0.15, -0.1) is 0 Å². The van der Waals surface area contributed by atoms with E-state index in [9.17, 15) is 9.59 Å². The highest BCUT2D eigenvalue weighted by Crippen LogP contribution is 2.13. The molecule has 5 nitrogen and oxygen atoms in total. The third kappa shape index (κ3) is 3.80. The van der Waals surface area contributed by atoms with Crippen LogP contribution in [0.15, 0.2) is 47.4 Å². The molecular formula is C15H16N2O3. The first-order chi connectivity index (χ1) is 9.69. The maximum absolute atomic E-state index is 12.0. The van der Waals surface area contributed by atoms with E-state index < -0.39 is 0 Å². The van der Waals surface area contributed by atoms with E-state index >= 15 is 0 Å². The van der Waals surface area contributed by atoms with Gasteiger partial charge in [-0.25, -0.2) is 0 Å².